The van der Waals surface area contributed by atoms with E-state index >= 15 is 0 Å². The third kappa shape index (κ3) is 0.994. The van der Waals surface area contributed by atoms with Gasteiger partial charge in [0.25, 0.3) is 0 Å². The molecule has 0 aromatic rings. The Morgan fingerprint density at radius 3 is 2.44 bits per heavy atom. The van der Waals surface area contributed by atoms with Crippen molar-refractivity contribution < 1.29 is 9.53 Å². The van der Waals surface area contributed by atoms with E-state index in [1.54, 1.807) is 0 Å². The van der Waals surface area contributed by atoms with E-state index in [0.717, 1.165) is 12.0 Å². The van der Waals surface area contributed by atoms with Crippen LogP contribution in [0, 0.1) is 16.7 Å². The number of fused-ring (bicyclic) bond motifs is 2. The second-order valence-corrected chi connectivity index (χ2v) is 6.84. The van der Waals surface area contributed by atoms with Crippen molar-refractivity contribution in [2.75, 3.05) is 6.61 Å². The van der Waals surface area contributed by atoms with Crippen LogP contribution < -0.4 is 0 Å². The molecule has 1 spiro atoms. The summed E-state index contributed by atoms with van der Waals surface area (Å²) in [4.78, 5) is 12.6. The zero-order valence-electron chi connectivity index (χ0n) is 10.6. The number of hydrogen-bond acceptors (Lipinski definition) is 2. The average molecular weight is 220 g/mol. The molecular weight excluding hydrogens is 200 g/mol. The van der Waals surface area contributed by atoms with Crippen molar-refractivity contribution >= 4 is 5.78 Å². The van der Waals surface area contributed by atoms with E-state index in [0.29, 0.717) is 12.5 Å². The van der Waals surface area contributed by atoms with Crippen LogP contribution in [0.25, 0.3) is 0 Å². The van der Waals surface area contributed by atoms with Crippen molar-refractivity contribution in [1.82, 2.24) is 0 Å². The molecule has 0 amide bonds. The summed E-state index contributed by atoms with van der Waals surface area (Å²) in [6.45, 7) is 9.23. The van der Waals surface area contributed by atoms with Crippen molar-refractivity contribution in [1.29, 1.82) is 0 Å². The molecule has 2 heteroatoms. The molecule has 0 N–H and O–H groups in total. The molecule has 0 aromatic heterocycles. The predicted octanol–water partition coefficient (Wildman–Crippen LogP) is 2.73. The quantitative estimate of drug-likeness (QED) is 0.587. The van der Waals surface area contributed by atoms with Crippen LogP contribution in [0.2, 0.25) is 0 Å². The van der Waals surface area contributed by atoms with Crippen molar-refractivity contribution in [3.63, 3.8) is 0 Å². The average Bonchev–Trinajstić information content (AvgIpc) is 2.92. The maximum atomic E-state index is 12.6. The molecule has 1 saturated carbocycles. The minimum atomic E-state index is -0.437. The van der Waals surface area contributed by atoms with Gasteiger partial charge in [-0.05, 0) is 24.2 Å². The fourth-order valence-electron chi connectivity index (χ4n) is 3.39. The van der Waals surface area contributed by atoms with Crippen LogP contribution in [0.4, 0.5) is 0 Å². The Balaban J connectivity index is 2.09. The lowest BCUT2D eigenvalue weighted by atomic mass is 9.49. The largest absolute Gasteiger partial charge is 0.360 e. The Labute approximate surface area is 97.1 Å². The van der Waals surface area contributed by atoms with E-state index < -0.39 is 5.60 Å². The van der Waals surface area contributed by atoms with E-state index in [-0.39, 0.29) is 16.6 Å². The highest BCUT2D eigenvalue weighted by Crippen LogP contribution is 2.64. The van der Waals surface area contributed by atoms with Gasteiger partial charge in [0.15, 0.2) is 11.4 Å². The van der Waals surface area contributed by atoms with Gasteiger partial charge in [-0.1, -0.05) is 33.8 Å². The van der Waals surface area contributed by atoms with Gasteiger partial charge in [-0.25, -0.2) is 0 Å². The normalized spacial score (nSPS) is 46.1. The molecule has 1 saturated heterocycles. The number of hydrogen-bond donors (Lipinski definition) is 0. The highest BCUT2D eigenvalue weighted by molar-refractivity contribution is 6.06. The van der Waals surface area contributed by atoms with Crippen LogP contribution in [0.1, 0.15) is 40.5 Å². The van der Waals surface area contributed by atoms with E-state index in [1.807, 2.05) is 0 Å². The summed E-state index contributed by atoms with van der Waals surface area (Å²) in [5, 5.41) is 0. The molecule has 88 valence electrons. The Hall–Kier alpha value is -0.630. The highest BCUT2D eigenvalue weighted by atomic mass is 16.6. The molecule has 3 rings (SSSR count). The van der Waals surface area contributed by atoms with Crippen molar-refractivity contribution in [3.8, 4) is 0 Å². The Morgan fingerprint density at radius 2 is 2.06 bits per heavy atom. The maximum Gasteiger partial charge on any atom is 0.193 e. The zero-order chi connectivity index (χ0) is 11.8. The molecule has 0 bridgehead atoms. The van der Waals surface area contributed by atoms with Gasteiger partial charge in [-0.2, -0.15) is 0 Å². The minimum absolute atomic E-state index is 0.0487. The van der Waals surface area contributed by atoms with Crippen LogP contribution in [0.15, 0.2) is 11.6 Å². The Morgan fingerprint density at radius 1 is 1.44 bits per heavy atom. The van der Waals surface area contributed by atoms with Gasteiger partial charge in [-0.3, -0.25) is 4.79 Å². The summed E-state index contributed by atoms with van der Waals surface area (Å²) >= 11 is 0. The van der Waals surface area contributed by atoms with Crippen LogP contribution in [0.3, 0.4) is 0 Å². The van der Waals surface area contributed by atoms with Gasteiger partial charge in [0.05, 0.1) is 6.61 Å². The molecule has 16 heavy (non-hydrogen) atoms. The van der Waals surface area contributed by atoms with Gasteiger partial charge >= 0.3 is 0 Å². The number of allylic oxidation sites excluding steroid dienone is 1. The summed E-state index contributed by atoms with van der Waals surface area (Å²) < 4.78 is 5.62. The SMILES string of the molecule is CC(C)(C)C1=C[C@@H]2CC[C@]2(C)[C@@]2(CO2)C1=O. The summed E-state index contributed by atoms with van der Waals surface area (Å²) in [5.74, 6) is 0.820. The predicted molar refractivity (Wildman–Crippen MR) is 62.1 cm³/mol. The van der Waals surface area contributed by atoms with Crippen LogP contribution in [0.5, 0.6) is 0 Å². The maximum absolute atomic E-state index is 12.6. The second kappa shape index (κ2) is 2.61. The summed E-state index contributed by atoms with van der Waals surface area (Å²) in [6, 6.07) is 0. The van der Waals surface area contributed by atoms with Gasteiger partial charge in [0, 0.05) is 11.0 Å². The van der Waals surface area contributed by atoms with Gasteiger partial charge in [-0.15, -0.1) is 0 Å². The van der Waals surface area contributed by atoms with E-state index in [9.17, 15) is 4.79 Å². The molecule has 1 aliphatic heterocycles. The molecular formula is C14H20O2. The minimum Gasteiger partial charge on any atom is -0.360 e. The molecule has 3 atom stereocenters. The van der Waals surface area contributed by atoms with Crippen molar-refractivity contribution in [2.24, 2.45) is 16.7 Å². The summed E-state index contributed by atoms with van der Waals surface area (Å²) in [7, 11) is 0. The number of carbonyl (C=O) groups excluding carboxylic acids is 1. The second-order valence-electron chi connectivity index (χ2n) is 6.84. The van der Waals surface area contributed by atoms with Gasteiger partial charge in [0.2, 0.25) is 0 Å². The first-order valence-electron chi connectivity index (χ1n) is 6.22. The topological polar surface area (TPSA) is 29.6 Å². The lowest BCUT2D eigenvalue weighted by Gasteiger charge is -2.53. The number of carbonyl (C=O) groups is 1. The first kappa shape index (κ1) is 10.5. The van der Waals surface area contributed by atoms with Gasteiger partial charge in [0.1, 0.15) is 0 Å². The lowest BCUT2D eigenvalue weighted by Crippen LogP contribution is -2.57. The van der Waals surface area contributed by atoms with E-state index in [2.05, 4.69) is 33.8 Å². The first-order chi connectivity index (χ1) is 7.31. The Bertz CT molecular complexity index is 395. The van der Waals surface area contributed by atoms with Crippen LogP contribution in [-0.4, -0.2) is 18.0 Å². The van der Waals surface area contributed by atoms with Crippen LogP contribution >= 0.6 is 0 Å². The molecule has 0 radical (unpaired) electrons. The zero-order valence-corrected chi connectivity index (χ0v) is 10.6. The number of epoxide rings is 1. The van der Waals surface area contributed by atoms with Crippen molar-refractivity contribution in [3.05, 3.63) is 11.6 Å². The molecule has 2 fully saturated rings. The number of rotatable bonds is 0. The third-order valence-corrected chi connectivity index (χ3v) is 4.94. The monoisotopic (exact) mass is 220 g/mol. The fraction of sp³-hybridized carbons (Fsp3) is 0.786. The molecule has 1 heterocycles. The lowest BCUT2D eigenvalue weighted by molar-refractivity contribution is -0.134. The fourth-order valence-corrected chi connectivity index (χ4v) is 3.39. The summed E-state index contributed by atoms with van der Waals surface area (Å²) in [6.07, 6.45) is 4.59. The van der Waals surface area contributed by atoms with Gasteiger partial charge < -0.3 is 4.74 Å². The molecule has 2 aliphatic carbocycles. The molecule has 2 nitrogen and oxygen atoms in total. The standard InChI is InChI=1S/C14H20O2/c1-12(2,3)10-7-9-5-6-13(9,4)14(8-16-14)11(10)15/h7,9H,5-6,8H2,1-4H3/t9-,13-,14+/m0/s1. The van der Waals surface area contributed by atoms with E-state index in [4.69, 9.17) is 4.74 Å². The third-order valence-electron chi connectivity index (χ3n) is 4.94. The molecule has 3 aliphatic rings. The number of ketones is 1. The smallest absolute Gasteiger partial charge is 0.193 e. The first-order valence-corrected chi connectivity index (χ1v) is 6.22. The number of Topliss-reactive ketones (excluding diaryl/α,β-unsaturated/α-hetero) is 1. The van der Waals surface area contributed by atoms with E-state index in [1.165, 1.54) is 6.42 Å². The highest BCUT2D eigenvalue weighted by Gasteiger charge is 2.71. The Kier molecular flexibility index (Phi) is 1.72. The molecule has 0 aromatic carbocycles. The molecule has 0 unspecified atom stereocenters. The number of ether oxygens (including phenoxy) is 1. The van der Waals surface area contributed by atoms with Crippen molar-refractivity contribution in [2.45, 2.75) is 46.1 Å². The summed E-state index contributed by atoms with van der Waals surface area (Å²) in [5.41, 5.74) is 0.603. The van der Waals surface area contributed by atoms with Crippen LogP contribution in [-0.2, 0) is 9.53 Å².